The number of nitriles is 1. The fraction of sp³-hybridized carbons (Fsp3) is 0. The van der Waals surface area contributed by atoms with Crippen LogP contribution < -0.4 is 11.1 Å². The molecule has 3 N–H and O–H groups in total. The molecule has 5 nitrogen and oxygen atoms in total. The third-order valence-corrected chi connectivity index (χ3v) is 3.11. The summed E-state index contributed by atoms with van der Waals surface area (Å²) in [6.45, 7) is 0. The largest absolute Gasteiger partial charge is 0.384 e. The predicted octanol–water partition coefficient (Wildman–Crippen LogP) is 3.20. The summed E-state index contributed by atoms with van der Waals surface area (Å²) in [6.07, 6.45) is 0. The van der Waals surface area contributed by atoms with Crippen LogP contribution in [-0.4, -0.2) is 10.9 Å². The number of carbonyl (C=O) groups excluding carboxylic acids is 1. The van der Waals surface area contributed by atoms with Gasteiger partial charge in [0.25, 0.3) is 5.91 Å². The second-order valence-corrected chi connectivity index (χ2v) is 5.16. The van der Waals surface area contributed by atoms with Crippen LogP contribution in [0.2, 0.25) is 5.15 Å². The Balaban J connectivity index is 2.30. The SMILES string of the molecule is N#Cc1cc(Br)ccc1NC(=O)c1cc(N)nc(Cl)c1. The molecular weight excluding hydrogens is 344 g/mol. The van der Waals surface area contributed by atoms with Gasteiger partial charge in [-0.2, -0.15) is 5.26 Å². The highest BCUT2D eigenvalue weighted by Gasteiger charge is 2.11. The Hall–Kier alpha value is -2.10. The topological polar surface area (TPSA) is 91.8 Å². The monoisotopic (exact) mass is 350 g/mol. The predicted molar refractivity (Wildman–Crippen MR) is 80.5 cm³/mol. The molecule has 0 fully saturated rings. The first-order chi connectivity index (χ1) is 9.49. The second-order valence-electron chi connectivity index (χ2n) is 3.86. The van der Waals surface area contributed by atoms with Gasteiger partial charge in [0.1, 0.15) is 17.0 Å². The Bertz CT molecular complexity index is 707. The summed E-state index contributed by atoms with van der Waals surface area (Å²) in [5, 5.41) is 11.8. The van der Waals surface area contributed by atoms with Gasteiger partial charge in [-0.3, -0.25) is 4.79 Å². The van der Waals surface area contributed by atoms with Crippen molar-refractivity contribution in [2.75, 3.05) is 11.1 Å². The molecule has 0 atom stereocenters. The molecule has 1 amide bonds. The molecule has 2 aromatic rings. The van der Waals surface area contributed by atoms with Crippen LogP contribution in [0.25, 0.3) is 0 Å². The van der Waals surface area contributed by atoms with E-state index >= 15 is 0 Å². The lowest BCUT2D eigenvalue weighted by Gasteiger charge is -2.08. The van der Waals surface area contributed by atoms with E-state index in [-0.39, 0.29) is 16.5 Å². The maximum Gasteiger partial charge on any atom is 0.255 e. The number of benzene rings is 1. The summed E-state index contributed by atoms with van der Waals surface area (Å²) in [4.78, 5) is 15.9. The van der Waals surface area contributed by atoms with Gasteiger partial charge < -0.3 is 11.1 Å². The van der Waals surface area contributed by atoms with Crippen molar-refractivity contribution >= 4 is 44.9 Å². The van der Waals surface area contributed by atoms with Gasteiger partial charge >= 0.3 is 0 Å². The molecule has 0 unspecified atom stereocenters. The maximum absolute atomic E-state index is 12.1. The molecule has 0 aliphatic rings. The molecule has 2 rings (SSSR count). The lowest BCUT2D eigenvalue weighted by molar-refractivity contribution is 0.102. The van der Waals surface area contributed by atoms with Gasteiger partial charge in [0, 0.05) is 10.0 Å². The third kappa shape index (κ3) is 3.26. The Labute approximate surface area is 128 Å². The molecule has 20 heavy (non-hydrogen) atoms. The van der Waals surface area contributed by atoms with Crippen LogP contribution in [0.5, 0.6) is 0 Å². The first kappa shape index (κ1) is 14.3. The van der Waals surface area contributed by atoms with Gasteiger partial charge in [-0.25, -0.2) is 4.98 Å². The van der Waals surface area contributed by atoms with E-state index in [9.17, 15) is 4.79 Å². The van der Waals surface area contributed by atoms with Crippen molar-refractivity contribution in [3.05, 3.63) is 51.1 Å². The molecule has 0 saturated carbocycles. The van der Waals surface area contributed by atoms with Gasteiger partial charge in [0.2, 0.25) is 0 Å². The number of rotatable bonds is 2. The van der Waals surface area contributed by atoms with Crippen molar-refractivity contribution in [2.24, 2.45) is 0 Å². The number of hydrogen-bond donors (Lipinski definition) is 2. The summed E-state index contributed by atoms with van der Waals surface area (Å²) in [5.74, 6) is -0.265. The van der Waals surface area contributed by atoms with Crippen molar-refractivity contribution in [3.8, 4) is 6.07 Å². The van der Waals surface area contributed by atoms with E-state index in [0.717, 1.165) is 4.47 Å². The van der Waals surface area contributed by atoms with E-state index < -0.39 is 5.91 Å². The summed E-state index contributed by atoms with van der Waals surface area (Å²) < 4.78 is 0.753. The van der Waals surface area contributed by atoms with Crippen LogP contribution in [0, 0.1) is 11.3 Å². The molecule has 0 saturated heterocycles. The molecule has 0 radical (unpaired) electrons. The Morgan fingerprint density at radius 2 is 2.15 bits per heavy atom. The average Bonchev–Trinajstić information content (AvgIpc) is 2.39. The average molecular weight is 352 g/mol. The lowest BCUT2D eigenvalue weighted by Crippen LogP contribution is -2.13. The fourth-order valence-electron chi connectivity index (χ4n) is 1.56. The molecule has 0 spiro atoms. The maximum atomic E-state index is 12.1. The van der Waals surface area contributed by atoms with Crippen LogP contribution in [0.3, 0.4) is 0 Å². The third-order valence-electron chi connectivity index (χ3n) is 2.43. The number of pyridine rings is 1. The van der Waals surface area contributed by atoms with Crippen molar-refractivity contribution in [1.82, 2.24) is 4.98 Å². The number of nitrogens with two attached hydrogens (primary N) is 1. The number of hydrogen-bond acceptors (Lipinski definition) is 4. The highest BCUT2D eigenvalue weighted by molar-refractivity contribution is 9.10. The standard InChI is InChI=1S/C13H8BrClN4O/c14-9-1-2-10(8(3-9)6-16)18-13(20)7-4-11(15)19-12(17)5-7/h1-5H,(H2,17,19)(H,18,20). The van der Waals surface area contributed by atoms with Gasteiger partial charge in [0.15, 0.2) is 0 Å². The zero-order valence-corrected chi connectivity index (χ0v) is 12.4. The van der Waals surface area contributed by atoms with E-state index in [0.29, 0.717) is 11.3 Å². The van der Waals surface area contributed by atoms with Gasteiger partial charge in [-0.15, -0.1) is 0 Å². The summed E-state index contributed by atoms with van der Waals surface area (Å²) in [5.41, 5.74) is 6.56. The number of nitrogens with zero attached hydrogens (tertiary/aromatic N) is 2. The number of anilines is 2. The molecule has 1 aromatic carbocycles. The van der Waals surface area contributed by atoms with Crippen molar-refractivity contribution in [3.63, 3.8) is 0 Å². The molecule has 0 bridgehead atoms. The molecule has 1 heterocycles. The molecule has 100 valence electrons. The van der Waals surface area contributed by atoms with E-state index in [2.05, 4.69) is 26.2 Å². The van der Waals surface area contributed by atoms with Crippen molar-refractivity contribution in [2.45, 2.75) is 0 Å². The fourth-order valence-corrected chi connectivity index (χ4v) is 2.14. The van der Waals surface area contributed by atoms with Crippen LogP contribution >= 0.6 is 27.5 Å². The Morgan fingerprint density at radius 3 is 2.80 bits per heavy atom. The lowest BCUT2D eigenvalue weighted by atomic mass is 10.2. The zero-order valence-electron chi connectivity index (χ0n) is 10.0. The van der Waals surface area contributed by atoms with E-state index in [4.69, 9.17) is 22.6 Å². The van der Waals surface area contributed by atoms with Crippen LogP contribution in [0.1, 0.15) is 15.9 Å². The minimum absolute atomic E-state index is 0.131. The number of nitrogen functional groups attached to an aromatic ring is 1. The van der Waals surface area contributed by atoms with Crippen LogP contribution in [-0.2, 0) is 0 Å². The molecule has 0 aliphatic heterocycles. The van der Waals surface area contributed by atoms with Gasteiger partial charge in [-0.05, 0) is 30.3 Å². The molecule has 7 heteroatoms. The van der Waals surface area contributed by atoms with E-state index in [1.807, 2.05) is 6.07 Å². The van der Waals surface area contributed by atoms with Gasteiger partial charge in [0.05, 0.1) is 11.3 Å². The highest BCUT2D eigenvalue weighted by Crippen LogP contribution is 2.21. The number of nitrogens with one attached hydrogen (secondary N) is 1. The van der Waals surface area contributed by atoms with Gasteiger partial charge in [-0.1, -0.05) is 27.5 Å². The first-order valence-corrected chi connectivity index (χ1v) is 6.61. The minimum Gasteiger partial charge on any atom is -0.384 e. The number of carbonyl (C=O) groups is 1. The smallest absolute Gasteiger partial charge is 0.255 e. The minimum atomic E-state index is -0.417. The number of aromatic nitrogens is 1. The van der Waals surface area contributed by atoms with Crippen molar-refractivity contribution in [1.29, 1.82) is 5.26 Å². The summed E-state index contributed by atoms with van der Waals surface area (Å²) in [6, 6.07) is 9.79. The Kier molecular flexibility index (Phi) is 4.23. The van der Waals surface area contributed by atoms with E-state index in [1.54, 1.807) is 18.2 Å². The number of halogens is 2. The highest BCUT2D eigenvalue weighted by atomic mass is 79.9. The van der Waals surface area contributed by atoms with Crippen LogP contribution in [0.15, 0.2) is 34.8 Å². The Morgan fingerprint density at radius 1 is 1.40 bits per heavy atom. The summed E-state index contributed by atoms with van der Waals surface area (Å²) in [7, 11) is 0. The molecule has 0 aliphatic carbocycles. The zero-order chi connectivity index (χ0) is 14.7. The summed E-state index contributed by atoms with van der Waals surface area (Å²) >= 11 is 9.01. The number of amides is 1. The second kappa shape index (κ2) is 5.90. The molecule has 1 aromatic heterocycles. The van der Waals surface area contributed by atoms with Crippen molar-refractivity contribution < 1.29 is 4.79 Å². The quantitative estimate of drug-likeness (QED) is 0.813. The molecular formula is C13H8BrClN4O. The van der Waals surface area contributed by atoms with Crippen LogP contribution in [0.4, 0.5) is 11.5 Å². The van der Waals surface area contributed by atoms with E-state index in [1.165, 1.54) is 12.1 Å². The first-order valence-electron chi connectivity index (χ1n) is 5.43. The normalized spacial score (nSPS) is 9.85.